The van der Waals surface area contributed by atoms with E-state index in [0.29, 0.717) is 16.7 Å². The van der Waals surface area contributed by atoms with Gasteiger partial charge < -0.3 is 8.98 Å². The molecule has 2 aromatic carbocycles. The maximum atomic E-state index is 13.6. The van der Waals surface area contributed by atoms with Crippen LogP contribution >= 0.6 is 11.6 Å². The van der Waals surface area contributed by atoms with Gasteiger partial charge in [-0.25, -0.2) is 23.4 Å². The minimum absolute atomic E-state index is 0.0166. The zero-order valence-electron chi connectivity index (χ0n) is 23.3. The van der Waals surface area contributed by atoms with Gasteiger partial charge in [0.25, 0.3) is 0 Å². The quantitative estimate of drug-likeness (QED) is 0.140. The number of oxazole rings is 1. The third-order valence-electron chi connectivity index (χ3n) is 6.72. The van der Waals surface area contributed by atoms with E-state index >= 15 is 0 Å². The van der Waals surface area contributed by atoms with Crippen molar-refractivity contribution in [3.8, 4) is 39.4 Å². The number of pyridine rings is 1. The fourth-order valence-corrected chi connectivity index (χ4v) is 5.94. The number of sulfone groups is 1. The van der Waals surface area contributed by atoms with Crippen LogP contribution < -0.4 is 0 Å². The van der Waals surface area contributed by atoms with Crippen LogP contribution in [0.4, 0.5) is 26.3 Å². The first kappa shape index (κ1) is 31.3. The van der Waals surface area contributed by atoms with Crippen molar-refractivity contribution in [3.05, 3.63) is 88.5 Å². The van der Waals surface area contributed by atoms with Crippen molar-refractivity contribution in [3.63, 3.8) is 0 Å². The number of rotatable bonds is 5. The van der Waals surface area contributed by atoms with E-state index in [1.54, 1.807) is 31.2 Å². The predicted molar refractivity (Wildman–Crippen MR) is 150 cm³/mol. The highest BCUT2D eigenvalue weighted by Gasteiger charge is 2.36. The van der Waals surface area contributed by atoms with Gasteiger partial charge in [0, 0.05) is 24.9 Å². The molecule has 0 aliphatic carbocycles. The fourth-order valence-electron chi connectivity index (χ4n) is 4.70. The maximum Gasteiger partial charge on any atom is 0.434 e. The third-order valence-corrected chi connectivity index (χ3v) is 8.25. The molecule has 0 atom stereocenters. The normalized spacial score (nSPS) is 12.6. The molecule has 5 rings (SSSR count). The van der Waals surface area contributed by atoms with Gasteiger partial charge in [0.05, 0.1) is 16.1 Å². The first-order valence-electron chi connectivity index (χ1n) is 12.6. The molecular weight excluding hydrogens is 634 g/mol. The van der Waals surface area contributed by atoms with E-state index in [0.717, 1.165) is 24.6 Å². The molecular formula is C29H21ClF6N4O3S. The van der Waals surface area contributed by atoms with Crippen molar-refractivity contribution < 1.29 is 39.2 Å². The second kappa shape index (κ2) is 10.8. The molecule has 0 aliphatic rings. The summed E-state index contributed by atoms with van der Waals surface area (Å²) >= 11 is 6.18. The van der Waals surface area contributed by atoms with Crippen LogP contribution in [0.25, 0.3) is 39.4 Å². The first-order valence-corrected chi connectivity index (χ1v) is 14.9. The van der Waals surface area contributed by atoms with Gasteiger partial charge in [0.15, 0.2) is 27.2 Å². The molecule has 7 nitrogen and oxygen atoms in total. The summed E-state index contributed by atoms with van der Waals surface area (Å²) in [6.07, 6.45) is -7.63. The van der Waals surface area contributed by atoms with E-state index in [4.69, 9.17) is 16.0 Å². The van der Waals surface area contributed by atoms with Crippen LogP contribution in [-0.2, 0) is 22.2 Å². The Labute approximate surface area is 252 Å². The average molecular weight is 655 g/mol. The van der Waals surface area contributed by atoms with E-state index in [9.17, 15) is 34.8 Å². The minimum atomic E-state index is -4.77. The number of aryl methyl sites for hydroxylation is 3. The van der Waals surface area contributed by atoms with Gasteiger partial charge in [-0.2, -0.15) is 26.3 Å². The van der Waals surface area contributed by atoms with Crippen LogP contribution in [0, 0.1) is 20.8 Å². The number of benzene rings is 2. The highest BCUT2D eigenvalue weighted by atomic mass is 35.5. The Morgan fingerprint density at radius 2 is 1.43 bits per heavy atom. The van der Waals surface area contributed by atoms with E-state index in [2.05, 4.69) is 15.0 Å². The molecule has 5 aromatic rings. The molecule has 0 saturated heterocycles. The van der Waals surface area contributed by atoms with Crippen LogP contribution in [0.2, 0.25) is 5.15 Å². The van der Waals surface area contributed by atoms with Crippen molar-refractivity contribution in [2.75, 3.05) is 6.26 Å². The van der Waals surface area contributed by atoms with Crippen molar-refractivity contribution >= 4 is 21.4 Å². The topological polar surface area (TPSA) is 90.9 Å². The van der Waals surface area contributed by atoms with Gasteiger partial charge in [0.2, 0.25) is 0 Å². The summed E-state index contributed by atoms with van der Waals surface area (Å²) < 4.78 is 112. The monoisotopic (exact) mass is 654 g/mol. The zero-order chi connectivity index (χ0) is 32.4. The SMILES string of the molecule is Cc1nc(-c2cc(-c3ccc(C)c(S(C)(=O)=O)c3)ccc2-n2cc(C(F)(F)F)nc2C)c(-c2ccc(C(F)(F)F)nc2Cl)o1. The summed E-state index contributed by atoms with van der Waals surface area (Å²) in [4.78, 5) is 11.6. The standard InChI is InChI=1S/C29H21ClF6N4O3S/c1-14-5-6-18(12-22(14)44(4,41)42)17-7-9-21(40-13-24(29(34,35)36)37-15(40)2)20(11-17)25-26(43-16(3)38-25)19-8-10-23(28(31,32)33)39-27(19)30/h5-13H,1-4H3. The summed E-state index contributed by atoms with van der Waals surface area (Å²) in [6.45, 7) is 4.49. The summed E-state index contributed by atoms with van der Waals surface area (Å²) in [5.41, 5.74) is -0.560. The number of hydrogen-bond acceptors (Lipinski definition) is 6. The van der Waals surface area contributed by atoms with Crippen molar-refractivity contribution in [1.29, 1.82) is 0 Å². The van der Waals surface area contributed by atoms with Gasteiger partial charge >= 0.3 is 12.4 Å². The van der Waals surface area contributed by atoms with Gasteiger partial charge in [-0.3, -0.25) is 0 Å². The number of imidazole rings is 1. The summed E-state index contributed by atoms with van der Waals surface area (Å²) in [7, 11) is -3.60. The molecule has 15 heteroatoms. The van der Waals surface area contributed by atoms with Gasteiger partial charge in [0.1, 0.15) is 22.4 Å². The van der Waals surface area contributed by atoms with Crippen LogP contribution in [0.3, 0.4) is 0 Å². The van der Waals surface area contributed by atoms with E-state index < -0.39 is 38.7 Å². The molecule has 0 fully saturated rings. The summed E-state index contributed by atoms with van der Waals surface area (Å²) in [5.74, 6) is -0.0194. The molecule has 0 amide bonds. The lowest BCUT2D eigenvalue weighted by Gasteiger charge is -2.15. The molecule has 0 spiro atoms. The molecule has 44 heavy (non-hydrogen) atoms. The molecule has 0 aliphatic heterocycles. The molecule has 0 bridgehead atoms. The van der Waals surface area contributed by atoms with Crippen molar-refractivity contribution in [2.45, 2.75) is 38.0 Å². The maximum absolute atomic E-state index is 13.6. The minimum Gasteiger partial charge on any atom is -0.440 e. The molecule has 3 heterocycles. The van der Waals surface area contributed by atoms with Crippen LogP contribution in [0.1, 0.15) is 28.7 Å². The fraction of sp³-hybridized carbons (Fsp3) is 0.207. The molecule has 0 unspecified atom stereocenters. The second-order valence-corrected chi connectivity index (χ2v) is 12.3. The smallest absolute Gasteiger partial charge is 0.434 e. The Balaban J connectivity index is 1.79. The molecule has 0 radical (unpaired) electrons. The molecule has 0 saturated carbocycles. The van der Waals surface area contributed by atoms with Crippen molar-refractivity contribution in [2.24, 2.45) is 0 Å². The first-order chi connectivity index (χ1) is 20.3. The summed E-state index contributed by atoms with van der Waals surface area (Å²) in [6, 6.07) is 11.2. The highest BCUT2D eigenvalue weighted by Crippen LogP contribution is 2.42. The lowest BCUT2D eigenvalue weighted by Crippen LogP contribution is -2.08. The van der Waals surface area contributed by atoms with E-state index in [-0.39, 0.29) is 44.9 Å². The molecule has 3 aromatic heterocycles. The van der Waals surface area contributed by atoms with Crippen LogP contribution in [0.15, 0.2) is 64.0 Å². The lowest BCUT2D eigenvalue weighted by molar-refractivity contribution is -0.141. The Hall–Kier alpha value is -4.17. The van der Waals surface area contributed by atoms with Gasteiger partial charge in [-0.05, 0) is 60.9 Å². The summed E-state index contributed by atoms with van der Waals surface area (Å²) in [5, 5.41) is -0.538. The largest absolute Gasteiger partial charge is 0.440 e. The Kier molecular flexibility index (Phi) is 7.65. The van der Waals surface area contributed by atoms with E-state index in [1.165, 1.54) is 30.5 Å². The second-order valence-electron chi connectivity index (χ2n) is 9.97. The molecule has 230 valence electrons. The number of halogens is 7. The van der Waals surface area contributed by atoms with Crippen molar-refractivity contribution in [1.82, 2.24) is 19.5 Å². The van der Waals surface area contributed by atoms with Crippen LogP contribution in [0.5, 0.6) is 0 Å². The van der Waals surface area contributed by atoms with Gasteiger partial charge in [-0.15, -0.1) is 0 Å². The van der Waals surface area contributed by atoms with Crippen LogP contribution in [-0.4, -0.2) is 34.2 Å². The van der Waals surface area contributed by atoms with E-state index in [1.807, 2.05) is 0 Å². The predicted octanol–water partition coefficient (Wildman–Crippen LogP) is 8.28. The Morgan fingerprint density at radius 3 is 2.02 bits per heavy atom. The number of alkyl halides is 6. The Bertz CT molecular complexity index is 2030. The zero-order valence-corrected chi connectivity index (χ0v) is 24.8. The number of hydrogen-bond donors (Lipinski definition) is 0. The molecule has 0 N–H and O–H groups in total. The highest BCUT2D eigenvalue weighted by molar-refractivity contribution is 7.90. The average Bonchev–Trinajstić information content (AvgIpc) is 3.50. The number of nitrogens with zero attached hydrogens (tertiary/aromatic N) is 4. The number of aromatic nitrogens is 4. The third kappa shape index (κ3) is 5.95. The van der Waals surface area contributed by atoms with Gasteiger partial charge in [-0.1, -0.05) is 29.8 Å². The lowest BCUT2D eigenvalue weighted by atomic mass is 9.97. The Morgan fingerprint density at radius 1 is 0.795 bits per heavy atom.